The number of thiol groups is 1. The van der Waals surface area contributed by atoms with Crippen LogP contribution >= 0.6 is 12.6 Å². The fourth-order valence-corrected chi connectivity index (χ4v) is 1.72. The van der Waals surface area contributed by atoms with Gasteiger partial charge in [0.25, 0.3) is 0 Å². The van der Waals surface area contributed by atoms with E-state index in [1.54, 1.807) is 21.0 Å². The molecule has 6 heteroatoms. The minimum absolute atomic E-state index is 0.0124. The van der Waals surface area contributed by atoms with Crippen LogP contribution in [0.3, 0.4) is 0 Å². The lowest BCUT2D eigenvalue weighted by Gasteiger charge is -2.21. The number of carbonyl (C=O) groups is 2. The van der Waals surface area contributed by atoms with Crippen LogP contribution in [0.2, 0.25) is 0 Å². The summed E-state index contributed by atoms with van der Waals surface area (Å²) < 4.78 is 0. The van der Waals surface area contributed by atoms with Crippen molar-refractivity contribution in [2.75, 3.05) is 20.6 Å². The molecule has 0 rings (SSSR count). The third kappa shape index (κ3) is 4.96. The lowest BCUT2D eigenvalue weighted by Crippen LogP contribution is -2.48. The molecule has 0 aromatic carbocycles. The van der Waals surface area contributed by atoms with E-state index >= 15 is 0 Å². The molecule has 0 aromatic rings. The maximum atomic E-state index is 11.4. The second-order valence-corrected chi connectivity index (χ2v) is 4.36. The molecule has 0 saturated heterocycles. The number of carbonyl (C=O) groups excluding carboxylic acids is 2. The fraction of sp³-hybridized carbons (Fsp3) is 0.800. The van der Waals surface area contributed by atoms with Crippen LogP contribution in [0.25, 0.3) is 0 Å². The van der Waals surface area contributed by atoms with Crippen molar-refractivity contribution < 1.29 is 9.59 Å². The molecule has 0 heterocycles. The van der Waals surface area contributed by atoms with Crippen molar-refractivity contribution in [2.24, 2.45) is 0 Å². The van der Waals surface area contributed by atoms with Crippen LogP contribution in [-0.2, 0) is 9.59 Å². The molecule has 3 N–H and O–H groups in total. The number of amides is 1. The highest BCUT2D eigenvalue weighted by Crippen LogP contribution is 2.02. The van der Waals surface area contributed by atoms with Gasteiger partial charge in [-0.25, -0.2) is 0 Å². The standard InChI is InChI=1S/C10H21N3O2S/c1-6(11-3)10(15)13-5-8(16)9(12-4)7(2)14/h6,8-9,11-12,16H,5H2,1-4H3,(H,13,15). The SMILES string of the molecule is CNC(C)C(=O)NCC(S)C(NC)C(C)=O. The average molecular weight is 247 g/mol. The van der Waals surface area contributed by atoms with E-state index in [0.29, 0.717) is 6.54 Å². The Balaban J connectivity index is 4.10. The van der Waals surface area contributed by atoms with E-state index in [1.807, 2.05) is 0 Å². The Morgan fingerprint density at radius 3 is 2.19 bits per heavy atom. The Hall–Kier alpha value is -0.590. The molecule has 0 aliphatic rings. The second kappa shape index (κ2) is 7.65. The van der Waals surface area contributed by atoms with Gasteiger partial charge in [-0.2, -0.15) is 12.6 Å². The van der Waals surface area contributed by atoms with Crippen LogP contribution in [0.4, 0.5) is 0 Å². The minimum atomic E-state index is -0.339. The highest BCUT2D eigenvalue weighted by atomic mass is 32.1. The van der Waals surface area contributed by atoms with Crippen molar-refractivity contribution in [2.45, 2.75) is 31.2 Å². The van der Waals surface area contributed by atoms with Crippen molar-refractivity contribution in [3.63, 3.8) is 0 Å². The zero-order chi connectivity index (χ0) is 12.7. The minimum Gasteiger partial charge on any atom is -0.354 e. The zero-order valence-corrected chi connectivity index (χ0v) is 11.1. The molecule has 0 saturated carbocycles. The van der Waals surface area contributed by atoms with Crippen LogP contribution in [-0.4, -0.2) is 49.7 Å². The lowest BCUT2D eigenvalue weighted by molar-refractivity contribution is -0.123. The Morgan fingerprint density at radius 2 is 1.81 bits per heavy atom. The first-order valence-corrected chi connectivity index (χ1v) is 5.76. The van der Waals surface area contributed by atoms with Crippen molar-refractivity contribution in [3.8, 4) is 0 Å². The number of Topliss-reactive ketones (excluding diaryl/α,β-unsaturated/α-hetero) is 1. The van der Waals surface area contributed by atoms with E-state index in [4.69, 9.17) is 0 Å². The van der Waals surface area contributed by atoms with Gasteiger partial charge in [0.05, 0.1) is 12.1 Å². The van der Waals surface area contributed by atoms with Gasteiger partial charge in [-0.05, 0) is 27.9 Å². The molecule has 0 aliphatic carbocycles. The molecule has 0 aliphatic heterocycles. The summed E-state index contributed by atoms with van der Waals surface area (Å²) >= 11 is 4.30. The van der Waals surface area contributed by atoms with Crippen LogP contribution in [0.5, 0.6) is 0 Å². The maximum absolute atomic E-state index is 11.4. The number of likely N-dealkylation sites (N-methyl/N-ethyl adjacent to an activating group) is 2. The molecule has 0 spiro atoms. The molecule has 0 bridgehead atoms. The highest BCUT2D eigenvalue weighted by molar-refractivity contribution is 7.81. The molecule has 3 atom stereocenters. The molecule has 5 nitrogen and oxygen atoms in total. The first-order chi connectivity index (χ1) is 7.43. The summed E-state index contributed by atoms with van der Waals surface area (Å²) in [4.78, 5) is 22.7. The summed E-state index contributed by atoms with van der Waals surface area (Å²) in [6, 6.07) is -0.584. The van der Waals surface area contributed by atoms with Crippen LogP contribution in [0.1, 0.15) is 13.8 Å². The lowest BCUT2D eigenvalue weighted by atomic mass is 10.1. The molecular formula is C10H21N3O2S. The van der Waals surface area contributed by atoms with Crippen molar-refractivity contribution in [3.05, 3.63) is 0 Å². The van der Waals surface area contributed by atoms with E-state index in [-0.39, 0.29) is 29.0 Å². The summed E-state index contributed by atoms with van der Waals surface area (Å²) in [7, 11) is 3.42. The average Bonchev–Trinajstić information content (AvgIpc) is 2.25. The van der Waals surface area contributed by atoms with Gasteiger partial charge in [0.15, 0.2) is 0 Å². The van der Waals surface area contributed by atoms with Crippen molar-refractivity contribution in [1.82, 2.24) is 16.0 Å². The van der Waals surface area contributed by atoms with Gasteiger partial charge in [0.1, 0.15) is 5.78 Å². The quantitative estimate of drug-likeness (QED) is 0.444. The fourth-order valence-electron chi connectivity index (χ4n) is 1.27. The molecule has 1 amide bonds. The van der Waals surface area contributed by atoms with Crippen LogP contribution in [0, 0.1) is 0 Å². The molecule has 0 fully saturated rings. The topological polar surface area (TPSA) is 70.2 Å². The molecule has 0 radical (unpaired) electrons. The number of hydrogen-bond acceptors (Lipinski definition) is 5. The Kier molecular flexibility index (Phi) is 7.36. The van der Waals surface area contributed by atoms with Gasteiger partial charge in [-0.15, -0.1) is 0 Å². The summed E-state index contributed by atoms with van der Waals surface area (Å²) in [5, 5.41) is 8.22. The second-order valence-electron chi connectivity index (χ2n) is 3.70. The normalized spacial score (nSPS) is 16.3. The van der Waals surface area contributed by atoms with Gasteiger partial charge in [0.2, 0.25) is 5.91 Å². The molecule has 94 valence electrons. The Bertz CT molecular complexity index is 248. The van der Waals surface area contributed by atoms with E-state index in [0.717, 1.165) is 0 Å². The molecule has 16 heavy (non-hydrogen) atoms. The summed E-state index contributed by atoms with van der Waals surface area (Å²) in [5.74, 6) is -0.0848. The summed E-state index contributed by atoms with van der Waals surface area (Å²) in [6.45, 7) is 3.63. The Morgan fingerprint density at radius 1 is 1.25 bits per heavy atom. The van der Waals surface area contributed by atoms with E-state index in [2.05, 4.69) is 28.6 Å². The predicted octanol–water partition coefficient (Wildman–Crippen LogP) is -0.814. The number of nitrogens with one attached hydrogen (secondary N) is 3. The van der Waals surface area contributed by atoms with Crippen molar-refractivity contribution in [1.29, 1.82) is 0 Å². The third-order valence-electron chi connectivity index (χ3n) is 2.45. The molecule has 0 aromatic heterocycles. The summed E-state index contributed by atoms with van der Waals surface area (Å²) in [6.07, 6.45) is 0. The number of ketones is 1. The highest BCUT2D eigenvalue weighted by Gasteiger charge is 2.21. The summed E-state index contributed by atoms with van der Waals surface area (Å²) in [5.41, 5.74) is 0. The van der Waals surface area contributed by atoms with E-state index in [1.165, 1.54) is 6.92 Å². The smallest absolute Gasteiger partial charge is 0.236 e. The van der Waals surface area contributed by atoms with Crippen LogP contribution < -0.4 is 16.0 Å². The van der Waals surface area contributed by atoms with E-state index in [9.17, 15) is 9.59 Å². The van der Waals surface area contributed by atoms with Crippen molar-refractivity contribution >= 4 is 24.3 Å². The zero-order valence-electron chi connectivity index (χ0n) is 10.2. The molecule has 3 unspecified atom stereocenters. The number of hydrogen-bond donors (Lipinski definition) is 4. The van der Waals surface area contributed by atoms with Gasteiger partial charge < -0.3 is 16.0 Å². The number of rotatable bonds is 7. The third-order valence-corrected chi connectivity index (χ3v) is 2.93. The van der Waals surface area contributed by atoms with Crippen LogP contribution in [0.15, 0.2) is 0 Å². The first-order valence-electron chi connectivity index (χ1n) is 5.24. The largest absolute Gasteiger partial charge is 0.354 e. The Labute approximate surface area is 102 Å². The molecular weight excluding hydrogens is 226 g/mol. The van der Waals surface area contributed by atoms with Gasteiger partial charge in [-0.1, -0.05) is 0 Å². The maximum Gasteiger partial charge on any atom is 0.236 e. The van der Waals surface area contributed by atoms with E-state index < -0.39 is 0 Å². The van der Waals surface area contributed by atoms with Gasteiger partial charge in [-0.3, -0.25) is 9.59 Å². The predicted molar refractivity (Wildman–Crippen MR) is 67.8 cm³/mol. The van der Waals surface area contributed by atoms with Gasteiger partial charge >= 0.3 is 0 Å². The first kappa shape index (κ1) is 15.4. The monoisotopic (exact) mass is 247 g/mol. The van der Waals surface area contributed by atoms with Gasteiger partial charge in [0, 0.05) is 11.8 Å².